The molecule has 0 saturated carbocycles. The highest BCUT2D eigenvalue weighted by Gasteiger charge is 2.31. The summed E-state index contributed by atoms with van der Waals surface area (Å²) >= 11 is 0. The molecule has 2 aromatic rings. The average molecular weight is 321 g/mol. The zero-order valence-electron chi connectivity index (χ0n) is 14.1. The molecule has 3 nitrogen and oxygen atoms in total. The van der Waals surface area contributed by atoms with E-state index in [-0.39, 0.29) is 11.9 Å². The quantitative estimate of drug-likeness (QED) is 0.814. The first kappa shape index (κ1) is 15.3. The number of para-hydroxylation sites is 1. The van der Waals surface area contributed by atoms with Crippen molar-refractivity contribution in [1.29, 1.82) is 0 Å². The van der Waals surface area contributed by atoms with Crippen LogP contribution in [0.5, 0.6) is 5.75 Å². The second-order valence-electron chi connectivity index (χ2n) is 6.72. The van der Waals surface area contributed by atoms with Gasteiger partial charge in [0, 0.05) is 23.2 Å². The first-order valence-corrected chi connectivity index (χ1v) is 8.95. The lowest BCUT2D eigenvalue weighted by atomic mass is 9.84. The Bertz CT molecular complexity index is 781. The van der Waals surface area contributed by atoms with Gasteiger partial charge in [-0.2, -0.15) is 0 Å². The molecule has 0 bridgehead atoms. The van der Waals surface area contributed by atoms with Gasteiger partial charge in [0.15, 0.2) is 5.78 Å². The number of ketones is 1. The summed E-state index contributed by atoms with van der Waals surface area (Å²) in [6.45, 7) is 2.65. The molecule has 24 heavy (non-hydrogen) atoms. The minimum absolute atomic E-state index is 0.0455. The second-order valence-corrected chi connectivity index (χ2v) is 6.72. The lowest BCUT2D eigenvalue weighted by Crippen LogP contribution is -2.26. The highest BCUT2D eigenvalue weighted by molar-refractivity contribution is 5.92. The number of rotatable bonds is 4. The fourth-order valence-electron chi connectivity index (χ4n) is 3.86. The van der Waals surface area contributed by atoms with Crippen molar-refractivity contribution in [3.8, 4) is 16.9 Å². The van der Waals surface area contributed by atoms with Gasteiger partial charge in [0.1, 0.15) is 11.9 Å². The molecule has 0 saturated heterocycles. The van der Waals surface area contributed by atoms with Crippen LogP contribution in [0.4, 0.5) is 5.69 Å². The fourth-order valence-corrected chi connectivity index (χ4v) is 3.86. The minimum atomic E-state index is 0.0455. The molecule has 2 aromatic carbocycles. The van der Waals surface area contributed by atoms with Crippen LogP contribution in [0, 0.1) is 0 Å². The monoisotopic (exact) mass is 321 g/mol. The number of carbonyl (C=O) groups excluding carboxylic acids is 1. The van der Waals surface area contributed by atoms with Crippen molar-refractivity contribution in [2.75, 3.05) is 11.9 Å². The Balaban J connectivity index is 1.83. The molecule has 2 aliphatic rings. The summed E-state index contributed by atoms with van der Waals surface area (Å²) in [6.07, 6.45) is 5.12. The molecule has 1 unspecified atom stereocenters. The van der Waals surface area contributed by atoms with Gasteiger partial charge in [-0.1, -0.05) is 44.0 Å². The lowest BCUT2D eigenvalue weighted by Gasteiger charge is -2.33. The molecule has 0 spiro atoms. The first-order chi connectivity index (χ1) is 11.8. The van der Waals surface area contributed by atoms with Gasteiger partial charge in [-0.05, 0) is 36.1 Å². The Hall–Kier alpha value is -2.29. The third-order valence-electron chi connectivity index (χ3n) is 5.05. The molecule has 1 atom stereocenters. The van der Waals surface area contributed by atoms with E-state index in [1.54, 1.807) is 0 Å². The standard InChI is InChI=1S/C21H23NO2/c1-2-3-4-9-20-21-16(15-7-5-6-8-19(15)24-20)10-11-18-17(21)12-14(23)13-22-18/h5-8,10-11,20,22H,2-4,9,12-13H2,1H3. The zero-order valence-corrected chi connectivity index (χ0v) is 14.1. The van der Waals surface area contributed by atoms with E-state index < -0.39 is 0 Å². The molecule has 2 aliphatic heterocycles. The van der Waals surface area contributed by atoms with Crippen molar-refractivity contribution < 1.29 is 9.53 Å². The zero-order chi connectivity index (χ0) is 16.5. The molecule has 2 heterocycles. The largest absolute Gasteiger partial charge is 0.485 e. The molecule has 124 valence electrons. The van der Waals surface area contributed by atoms with Crippen LogP contribution in [0.15, 0.2) is 36.4 Å². The van der Waals surface area contributed by atoms with Crippen LogP contribution < -0.4 is 10.1 Å². The number of Topliss-reactive ketones (excluding diaryl/α,β-unsaturated/α-hetero) is 1. The van der Waals surface area contributed by atoms with Gasteiger partial charge in [-0.15, -0.1) is 0 Å². The van der Waals surface area contributed by atoms with E-state index in [0.29, 0.717) is 13.0 Å². The van der Waals surface area contributed by atoms with Crippen LogP contribution in [0.3, 0.4) is 0 Å². The predicted molar refractivity (Wildman–Crippen MR) is 96.6 cm³/mol. The Labute approximate surface area is 143 Å². The smallest absolute Gasteiger partial charge is 0.156 e. The number of unbranched alkanes of at least 4 members (excludes halogenated alkanes) is 2. The van der Waals surface area contributed by atoms with E-state index in [0.717, 1.165) is 35.4 Å². The maximum atomic E-state index is 12.0. The van der Waals surface area contributed by atoms with Crippen LogP contribution in [0.1, 0.15) is 49.8 Å². The summed E-state index contributed by atoms with van der Waals surface area (Å²) in [4.78, 5) is 12.0. The Kier molecular flexibility index (Phi) is 4.01. The number of ether oxygens (including phenoxy) is 1. The summed E-state index contributed by atoms with van der Waals surface area (Å²) in [5, 5.41) is 3.27. The minimum Gasteiger partial charge on any atom is -0.485 e. The molecule has 1 N–H and O–H groups in total. The maximum absolute atomic E-state index is 12.0. The van der Waals surface area contributed by atoms with E-state index in [2.05, 4.69) is 30.4 Å². The molecular formula is C21H23NO2. The van der Waals surface area contributed by atoms with E-state index in [1.165, 1.54) is 24.0 Å². The van der Waals surface area contributed by atoms with Crippen LogP contribution >= 0.6 is 0 Å². The van der Waals surface area contributed by atoms with Crippen molar-refractivity contribution in [3.05, 3.63) is 47.5 Å². The summed E-state index contributed by atoms with van der Waals surface area (Å²) in [6, 6.07) is 12.5. The first-order valence-electron chi connectivity index (χ1n) is 8.95. The number of carbonyl (C=O) groups is 1. The Morgan fingerprint density at radius 3 is 2.88 bits per heavy atom. The number of hydrogen-bond acceptors (Lipinski definition) is 3. The predicted octanol–water partition coefficient (Wildman–Crippen LogP) is 4.90. The van der Waals surface area contributed by atoms with Crippen molar-refractivity contribution in [1.82, 2.24) is 0 Å². The van der Waals surface area contributed by atoms with Gasteiger partial charge in [0.2, 0.25) is 0 Å². The van der Waals surface area contributed by atoms with E-state index in [1.807, 2.05) is 18.2 Å². The van der Waals surface area contributed by atoms with Crippen molar-refractivity contribution in [2.24, 2.45) is 0 Å². The van der Waals surface area contributed by atoms with Crippen molar-refractivity contribution in [3.63, 3.8) is 0 Å². The summed E-state index contributed by atoms with van der Waals surface area (Å²) < 4.78 is 6.37. The van der Waals surface area contributed by atoms with Gasteiger partial charge in [0.25, 0.3) is 0 Å². The van der Waals surface area contributed by atoms with Gasteiger partial charge >= 0.3 is 0 Å². The topological polar surface area (TPSA) is 38.3 Å². The van der Waals surface area contributed by atoms with Crippen LogP contribution in [0.25, 0.3) is 11.1 Å². The number of benzene rings is 2. The SMILES string of the molecule is CCCCCC1Oc2ccccc2-c2ccc3c(c21)CC(=O)CN3. The average Bonchev–Trinajstić information content (AvgIpc) is 2.61. The molecule has 0 radical (unpaired) electrons. The van der Waals surface area contributed by atoms with Gasteiger partial charge in [0.05, 0.1) is 6.54 Å². The van der Waals surface area contributed by atoms with Crippen LogP contribution in [0.2, 0.25) is 0 Å². The van der Waals surface area contributed by atoms with Crippen LogP contribution in [-0.4, -0.2) is 12.3 Å². The highest BCUT2D eigenvalue weighted by atomic mass is 16.5. The van der Waals surface area contributed by atoms with Crippen LogP contribution in [-0.2, 0) is 11.2 Å². The van der Waals surface area contributed by atoms with Gasteiger partial charge < -0.3 is 10.1 Å². The normalized spacial score (nSPS) is 18.0. The fraction of sp³-hybridized carbons (Fsp3) is 0.381. The van der Waals surface area contributed by atoms with Crippen molar-refractivity contribution >= 4 is 11.5 Å². The van der Waals surface area contributed by atoms with Gasteiger partial charge in [-0.25, -0.2) is 0 Å². The van der Waals surface area contributed by atoms with Gasteiger partial charge in [-0.3, -0.25) is 4.79 Å². The molecular weight excluding hydrogens is 298 g/mol. The number of fused-ring (bicyclic) bond motifs is 5. The molecule has 0 fully saturated rings. The lowest BCUT2D eigenvalue weighted by molar-refractivity contribution is -0.117. The molecule has 0 amide bonds. The summed E-state index contributed by atoms with van der Waals surface area (Å²) in [7, 11) is 0. The third-order valence-corrected chi connectivity index (χ3v) is 5.05. The van der Waals surface area contributed by atoms with E-state index in [4.69, 9.17) is 4.74 Å². The number of nitrogens with one attached hydrogen (secondary N) is 1. The summed E-state index contributed by atoms with van der Waals surface area (Å²) in [5.74, 6) is 1.21. The maximum Gasteiger partial charge on any atom is 0.156 e. The van der Waals surface area contributed by atoms with E-state index >= 15 is 0 Å². The molecule has 0 aliphatic carbocycles. The highest BCUT2D eigenvalue weighted by Crippen LogP contribution is 2.47. The summed E-state index contributed by atoms with van der Waals surface area (Å²) in [5.41, 5.74) is 5.83. The van der Waals surface area contributed by atoms with E-state index in [9.17, 15) is 4.79 Å². The Morgan fingerprint density at radius 2 is 2.00 bits per heavy atom. The molecule has 4 rings (SSSR count). The third kappa shape index (κ3) is 2.58. The number of anilines is 1. The number of hydrogen-bond donors (Lipinski definition) is 1. The van der Waals surface area contributed by atoms with Crippen molar-refractivity contribution in [2.45, 2.75) is 45.1 Å². The Morgan fingerprint density at radius 1 is 1.12 bits per heavy atom. The molecule has 3 heteroatoms. The second kappa shape index (κ2) is 6.31. The molecule has 0 aromatic heterocycles.